The zero-order chi connectivity index (χ0) is 14.3. The molecule has 2 atom stereocenters. The van der Waals surface area contributed by atoms with Gasteiger partial charge in [0.2, 0.25) is 5.12 Å². The number of ether oxygens (including phenoxy) is 1. The molecule has 1 unspecified atom stereocenters. The van der Waals surface area contributed by atoms with E-state index < -0.39 is 12.1 Å². The minimum atomic E-state index is -0.614. The maximum absolute atomic E-state index is 11.6. The highest BCUT2D eigenvalue weighted by atomic mass is 32.1. The standard InChI is InChI=1S/C14H19NO3S/c1-3-10(2)12(13(16)19)15-14(17)18-9-11-7-5-4-6-8-11/h4-8,10,12H,3,9H2,1-2H3,(H,15,17)(H,16,19)/t10?,12-/m0/s1. The number of alkyl carbamates (subject to hydrolysis) is 1. The molecule has 1 aromatic rings. The maximum Gasteiger partial charge on any atom is 0.408 e. The Hall–Kier alpha value is -1.49. The van der Waals surface area contributed by atoms with Gasteiger partial charge in [0.05, 0.1) is 0 Å². The number of carbonyl (C=O) groups is 2. The van der Waals surface area contributed by atoms with Crippen LogP contribution in [0.2, 0.25) is 0 Å². The summed E-state index contributed by atoms with van der Waals surface area (Å²) >= 11 is 3.79. The molecule has 1 rings (SSSR count). The highest BCUT2D eigenvalue weighted by Crippen LogP contribution is 2.11. The second-order valence-corrected chi connectivity index (χ2v) is 4.85. The van der Waals surface area contributed by atoms with Gasteiger partial charge >= 0.3 is 6.09 Å². The number of benzene rings is 1. The van der Waals surface area contributed by atoms with Crippen molar-refractivity contribution in [2.24, 2.45) is 5.92 Å². The summed E-state index contributed by atoms with van der Waals surface area (Å²) in [7, 11) is 0. The Morgan fingerprint density at radius 1 is 1.32 bits per heavy atom. The van der Waals surface area contributed by atoms with Gasteiger partial charge in [-0.2, -0.15) is 0 Å². The normalized spacial score (nSPS) is 13.4. The van der Waals surface area contributed by atoms with Crippen molar-refractivity contribution in [1.29, 1.82) is 0 Å². The average Bonchev–Trinajstić information content (AvgIpc) is 2.42. The number of nitrogens with one attached hydrogen (secondary N) is 1. The van der Waals surface area contributed by atoms with Gasteiger partial charge in [-0.05, 0) is 11.5 Å². The summed E-state index contributed by atoms with van der Waals surface area (Å²) < 4.78 is 5.07. The van der Waals surface area contributed by atoms with Crippen molar-refractivity contribution in [3.63, 3.8) is 0 Å². The Kier molecular flexibility index (Phi) is 6.42. The number of amides is 1. The summed E-state index contributed by atoms with van der Waals surface area (Å²) in [5, 5.41) is 2.19. The molecule has 0 aromatic heterocycles. The fraction of sp³-hybridized carbons (Fsp3) is 0.429. The van der Waals surface area contributed by atoms with Crippen LogP contribution in [0.4, 0.5) is 4.79 Å². The average molecular weight is 281 g/mol. The van der Waals surface area contributed by atoms with E-state index in [9.17, 15) is 9.59 Å². The summed E-state index contributed by atoms with van der Waals surface area (Å²) in [5.74, 6) is 0.0225. The van der Waals surface area contributed by atoms with Crippen LogP contribution in [0.25, 0.3) is 0 Å². The first-order chi connectivity index (χ1) is 9.04. The Labute approximate surface area is 118 Å². The summed E-state index contributed by atoms with van der Waals surface area (Å²) in [6, 6.07) is 8.75. The van der Waals surface area contributed by atoms with Crippen LogP contribution in [0.15, 0.2) is 30.3 Å². The van der Waals surface area contributed by atoms with Crippen molar-refractivity contribution in [2.75, 3.05) is 0 Å². The van der Waals surface area contributed by atoms with Crippen LogP contribution in [0.1, 0.15) is 25.8 Å². The van der Waals surface area contributed by atoms with Crippen LogP contribution in [-0.4, -0.2) is 17.3 Å². The Morgan fingerprint density at radius 2 is 1.95 bits per heavy atom. The van der Waals surface area contributed by atoms with Crippen molar-refractivity contribution in [3.8, 4) is 0 Å². The van der Waals surface area contributed by atoms with E-state index in [2.05, 4.69) is 17.9 Å². The molecule has 0 bridgehead atoms. The number of rotatable bonds is 6. The molecule has 0 aliphatic heterocycles. The molecule has 5 heteroatoms. The molecule has 0 saturated heterocycles. The second-order valence-electron chi connectivity index (χ2n) is 4.41. The largest absolute Gasteiger partial charge is 0.445 e. The number of thiol groups is 1. The first-order valence-corrected chi connectivity index (χ1v) is 6.69. The molecule has 0 aliphatic carbocycles. The minimum Gasteiger partial charge on any atom is -0.445 e. The molecule has 0 aliphatic rings. The number of carbonyl (C=O) groups excluding carboxylic acids is 2. The van der Waals surface area contributed by atoms with Crippen LogP contribution in [-0.2, 0) is 16.1 Å². The molecule has 19 heavy (non-hydrogen) atoms. The molecule has 1 amide bonds. The summed E-state index contributed by atoms with van der Waals surface area (Å²) in [4.78, 5) is 23.0. The Balaban J connectivity index is 2.47. The molecule has 1 aromatic carbocycles. The van der Waals surface area contributed by atoms with Crippen molar-refractivity contribution >= 4 is 23.8 Å². The van der Waals surface area contributed by atoms with Crippen molar-refractivity contribution in [1.82, 2.24) is 5.32 Å². The molecule has 104 valence electrons. The second kappa shape index (κ2) is 7.84. The van der Waals surface area contributed by atoms with E-state index in [1.807, 2.05) is 44.2 Å². The summed E-state index contributed by atoms with van der Waals surface area (Å²) in [6.45, 7) is 4.02. The lowest BCUT2D eigenvalue weighted by Gasteiger charge is -2.20. The Morgan fingerprint density at radius 3 is 2.47 bits per heavy atom. The monoisotopic (exact) mass is 281 g/mol. The Bertz CT molecular complexity index is 422. The van der Waals surface area contributed by atoms with E-state index in [-0.39, 0.29) is 17.6 Å². The first-order valence-electron chi connectivity index (χ1n) is 6.24. The molecule has 0 heterocycles. The van der Waals surface area contributed by atoms with Gasteiger partial charge < -0.3 is 10.1 Å². The van der Waals surface area contributed by atoms with Crippen molar-refractivity contribution < 1.29 is 14.3 Å². The molecule has 0 radical (unpaired) electrons. The van der Waals surface area contributed by atoms with Crippen LogP contribution < -0.4 is 5.32 Å². The van der Waals surface area contributed by atoms with Crippen LogP contribution in [0, 0.1) is 5.92 Å². The van der Waals surface area contributed by atoms with Crippen LogP contribution >= 0.6 is 12.6 Å². The van der Waals surface area contributed by atoms with Crippen molar-refractivity contribution in [3.05, 3.63) is 35.9 Å². The number of hydrogen-bond acceptors (Lipinski definition) is 3. The maximum atomic E-state index is 11.6. The lowest BCUT2D eigenvalue weighted by Crippen LogP contribution is -2.43. The van der Waals surface area contributed by atoms with E-state index in [4.69, 9.17) is 4.74 Å². The van der Waals surface area contributed by atoms with Gasteiger partial charge in [-0.1, -0.05) is 50.6 Å². The van der Waals surface area contributed by atoms with Gasteiger partial charge in [-0.25, -0.2) is 4.79 Å². The van der Waals surface area contributed by atoms with E-state index >= 15 is 0 Å². The fourth-order valence-corrected chi connectivity index (χ4v) is 1.89. The molecular weight excluding hydrogens is 262 g/mol. The quantitative estimate of drug-likeness (QED) is 0.788. The fourth-order valence-electron chi connectivity index (χ4n) is 1.57. The third-order valence-electron chi connectivity index (χ3n) is 2.97. The predicted molar refractivity (Wildman–Crippen MR) is 77.0 cm³/mol. The first kappa shape index (κ1) is 15.6. The lowest BCUT2D eigenvalue weighted by molar-refractivity contribution is -0.113. The highest BCUT2D eigenvalue weighted by Gasteiger charge is 2.23. The molecular formula is C14H19NO3S. The molecule has 0 spiro atoms. The summed E-state index contributed by atoms with van der Waals surface area (Å²) in [5.41, 5.74) is 0.898. The van der Waals surface area contributed by atoms with Crippen molar-refractivity contribution in [2.45, 2.75) is 32.9 Å². The smallest absolute Gasteiger partial charge is 0.408 e. The summed E-state index contributed by atoms with van der Waals surface area (Å²) in [6.07, 6.45) is 0.173. The lowest BCUT2D eigenvalue weighted by atomic mass is 10.0. The molecule has 4 nitrogen and oxygen atoms in total. The zero-order valence-corrected chi connectivity index (χ0v) is 12.0. The third-order valence-corrected chi connectivity index (χ3v) is 3.24. The van der Waals surface area contributed by atoms with Gasteiger partial charge in [0, 0.05) is 0 Å². The van der Waals surface area contributed by atoms with Gasteiger partial charge in [0.25, 0.3) is 0 Å². The molecule has 0 saturated carbocycles. The van der Waals surface area contributed by atoms with Gasteiger partial charge in [-0.15, -0.1) is 12.6 Å². The zero-order valence-electron chi connectivity index (χ0n) is 11.1. The van der Waals surface area contributed by atoms with E-state index in [0.717, 1.165) is 12.0 Å². The van der Waals surface area contributed by atoms with Gasteiger partial charge in [0.1, 0.15) is 12.6 Å². The topological polar surface area (TPSA) is 55.4 Å². The predicted octanol–water partition coefficient (Wildman–Crippen LogP) is 2.78. The van der Waals surface area contributed by atoms with E-state index in [1.54, 1.807) is 0 Å². The van der Waals surface area contributed by atoms with Crippen LogP contribution in [0.3, 0.4) is 0 Å². The SMILES string of the molecule is CCC(C)[C@H](NC(=O)OCc1ccccc1)C(=O)S. The molecule has 0 fully saturated rings. The van der Waals surface area contributed by atoms with Crippen LogP contribution in [0.5, 0.6) is 0 Å². The minimum absolute atomic E-state index is 0.0225. The van der Waals surface area contributed by atoms with E-state index in [0.29, 0.717) is 0 Å². The third kappa shape index (κ3) is 5.34. The van der Waals surface area contributed by atoms with Gasteiger partial charge in [0.15, 0.2) is 0 Å². The highest BCUT2D eigenvalue weighted by molar-refractivity contribution is 7.96. The molecule has 1 N–H and O–H groups in total. The van der Waals surface area contributed by atoms with E-state index in [1.165, 1.54) is 0 Å². The van der Waals surface area contributed by atoms with Gasteiger partial charge in [-0.3, -0.25) is 4.79 Å². The number of hydrogen-bond donors (Lipinski definition) is 2.